The van der Waals surface area contributed by atoms with E-state index < -0.39 is 0 Å². The second-order valence-corrected chi connectivity index (χ2v) is 5.99. The lowest BCUT2D eigenvalue weighted by atomic mass is 10.1. The summed E-state index contributed by atoms with van der Waals surface area (Å²) in [6.45, 7) is 9.07. The molecule has 0 spiro atoms. The zero-order valence-electron chi connectivity index (χ0n) is 13.3. The van der Waals surface area contributed by atoms with Gasteiger partial charge in [-0.1, -0.05) is 19.1 Å². The highest BCUT2D eigenvalue weighted by molar-refractivity contribution is 5.97. The fourth-order valence-electron chi connectivity index (χ4n) is 3.12. The Balaban J connectivity index is 1.43. The number of piperazine rings is 1. The highest BCUT2D eigenvalue weighted by Gasteiger charge is 2.24. The number of benzene rings is 1. The van der Waals surface area contributed by atoms with Gasteiger partial charge in [0.05, 0.1) is 5.56 Å². The molecule has 5 nitrogen and oxygen atoms in total. The Hall–Kier alpha value is -1.59. The summed E-state index contributed by atoms with van der Waals surface area (Å²) in [6.07, 6.45) is 1.70. The molecular formula is C17H25N3O2. The normalized spacial score (nSPS) is 22.8. The molecule has 3 rings (SSSR count). The summed E-state index contributed by atoms with van der Waals surface area (Å²) in [5.41, 5.74) is 0.634. The molecule has 1 unspecified atom stereocenters. The van der Waals surface area contributed by atoms with Crippen molar-refractivity contribution < 1.29 is 9.53 Å². The first-order valence-corrected chi connectivity index (χ1v) is 8.27. The van der Waals surface area contributed by atoms with E-state index in [0.29, 0.717) is 11.3 Å². The van der Waals surface area contributed by atoms with Crippen LogP contribution in [0.3, 0.4) is 0 Å². The fraction of sp³-hybridized carbons (Fsp3) is 0.588. The number of likely N-dealkylation sites (N-methyl/N-ethyl adjacent to an activating group) is 1. The molecule has 2 aliphatic heterocycles. The summed E-state index contributed by atoms with van der Waals surface area (Å²) in [7, 11) is 0. The molecule has 0 aliphatic carbocycles. The van der Waals surface area contributed by atoms with Gasteiger partial charge in [0.2, 0.25) is 0 Å². The predicted molar refractivity (Wildman–Crippen MR) is 86.1 cm³/mol. The van der Waals surface area contributed by atoms with Crippen molar-refractivity contribution in [1.29, 1.82) is 0 Å². The summed E-state index contributed by atoms with van der Waals surface area (Å²) in [5.74, 6) is 0.677. The van der Waals surface area contributed by atoms with Crippen molar-refractivity contribution >= 4 is 5.91 Å². The molecule has 5 heteroatoms. The molecule has 1 atom stereocenters. The quantitative estimate of drug-likeness (QED) is 0.896. The van der Waals surface area contributed by atoms with Gasteiger partial charge in [0.1, 0.15) is 5.75 Å². The minimum atomic E-state index is -0.195. The van der Waals surface area contributed by atoms with E-state index >= 15 is 0 Å². The number of carbonyl (C=O) groups is 1. The predicted octanol–water partition coefficient (Wildman–Crippen LogP) is 1.55. The highest BCUT2D eigenvalue weighted by atomic mass is 16.5. The Bertz CT molecular complexity index is 512. The van der Waals surface area contributed by atoms with Gasteiger partial charge in [-0.25, -0.2) is 0 Å². The van der Waals surface area contributed by atoms with Crippen LogP contribution in [-0.2, 0) is 0 Å². The third kappa shape index (κ3) is 3.59. The maximum atomic E-state index is 12.0. The number of para-hydroxylation sites is 1. The molecule has 1 aromatic rings. The van der Waals surface area contributed by atoms with Crippen LogP contribution < -0.4 is 10.1 Å². The van der Waals surface area contributed by atoms with E-state index in [9.17, 15) is 4.79 Å². The van der Waals surface area contributed by atoms with E-state index in [0.717, 1.165) is 39.0 Å². The molecular weight excluding hydrogens is 278 g/mol. The van der Waals surface area contributed by atoms with Crippen LogP contribution in [0.25, 0.3) is 0 Å². The standard InChI is InChI=1S/C17H25N3O2/c1-2-19-10-12-20(13-11-19)9-5-8-16-18-17(21)14-6-3-4-7-15(14)22-16/h3-4,6-7,16H,2,5,8-13H2,1H3,(H,18,21). The van der Waals surface area contributed by atoms with Crippen LogP contribution >= 0.6 is 0 Å². The first-order valence-electron chi connectivity index (χ1n) is 8.27. The van der Waals surface area contributed by atoms with Crippen LogP contribution in [0.15, 0.2) is 24.3 Å². The molecule has 120 valence electrons. The van der Waals surface area contributed by atoms with Gasteiger partial charge in [0.25, 0.3) is 5.91 Å². The van der Waals surface area contributed by atoms with Crippen molar-refractivity contribution in [2.45, 2.75) is 26.0 Å². The molecule has 0 bridgehead atoms. The lowest BCUT2D eigenvalue weighted by Gasteiger charge is -2.34. The van der Waals surface area contributed by atoms with Gasteiger partial charge in [-0.3, -0.25) is 4.79 Å². The van der Waals surface area contributed by atoms with E-state index in [-0.39, 0.29) is 12.1 Å². The summed E-state index contributed by atoms with van der Waals surface area (Å²) >= 11 is 0. The largest absolute Gasteiger partial charge is 0.470 e. The molecule has 1 aromatic carbocycles. The van der Waals surface area contributed by atoms with Crippen molar-refractivity contribution in [1.82, 2.24) is 15.1 Å². The summed E-state index contributed by atoms with van der Waals surface area (Å²) in [5, 5.41) is 2.94. The van der Waals surface area contributed by atoms with Gasteiger partial charge in [-0.2, -0.15) is 0 Å². The lowest BCUT2D eigenvalue weighted by Crippen LogP contribution is -2.47. The van der Waals surface area contributed by atoms with Crippen LogP contribution in [0.5, 0.6) is 5.75 Å². The third-order valence-electron chi connectivity index (χ3n) is 4.55. The minimum Gasteiger partial charge on any atom is -0.470 e. The lowest BCUT2D eigenvalue weighted by molar-refractivity contribution is 0.0717. The van der Waals surface area contributed by atoms with E-state index in [1.807, 2.05) is 18.2 Å². The van der Waals surface area contributed by atoms with Gasteiger partial charge < -0.3 is 19.9 Å². The second kappa shape index (κ2) is 7.11. The number of ether oxygens (including phenoxy) is 1. The molecule has 0 radical (unpaired) electrons. The molecule has 22 heavy (non-hydrogen) atoms. The zero-order chi connectivity index (χ0) is 15.4. The Morgan fingerprint density at radius 2 is 1.91 bits per heavy atom. The van der Waals surface area contributed by atoms with Crippen molar-refractivity contribution in [3.63, 3.8) is 0 Å². The molecule has 1 N–H and O–H groups in total. The molecule has 0 aromatic heterocycles. The van der Waals surface area contributed by atoms with Crippen LogP contribution in [-0.4, -0.2) is 61.2 Å². The number of nitrogens with one attached hydrogen (secondary N) is 1. The summed E-state index contributed by atoms with van der Waals surface area (Å²) in [6, 6.07) is 7.43. The van der Waals surface area contributed by atoms with Gasteiger partial charge in [-0.05, 0) is 31.6 Å². The van der Waals surface area contributed by atoms with Crippen molar-refractivity contribution in [3.05, 3.63) is 29.8 Å². The maximum absolute atomic E-state index is 12.0. The number of rotatable bonds is 5. The van der Waals surface area contributed by atoms with Crippen LogP contribution in [0.1, 0.15) is 30.1 Å². The monoisotopic (exact) mass is 303 g/mol. The Morgan fingerprint density at radius 1 is 1.18 bits per heavy atom. The molecule has 1 amide bonds. The number of nitrogens with zero attached hydrogens (tertiary/aromatic N) is 2. The van der Waals surface area contributed by atoms with Gasteiger partial charge in [0, 0.05) is 32.6 Å². The topological polar surface area (TPSA) is 44.8 Å². The smallest absolute Gasteiger partial charge is 0.257 e. The van der Waals surface area contributed by atoms with Gasteiger partial charge in [-0.15, -0.1) is 0 Å². The first kappa shape index (κ1) is 15.3. The first-order chi connectivity index (χ1) is 10.8. The van der Waals surface area contributed by atoms with Crippen molar-refractivity contribution in [2.24, 2.45) is 0 Å². The average molecular weight is 303 g/mol. The molecule has 1 saturated heterocycles. The Labute approximate surface area is 132 Å². The average Bonchev–Trinajstić information content (AvgIpc) is 2.56. The minimum absolute atomic E-state index is 0.0246. The van der Waals surface area contributed by atoms with E-state index in [4.69, 9.17) is 4.74 Å². The molecule has 1 fully saturated rings. The molecule has 2 aliphatic rings. The molecule has 2 heterocycles. The maximum Gasteiger partial charge on any atom is 0.257 e. The van der Waals surface area contributed by atoms with Crippen molar-refractivity contribution in [3.8, 4) is 5.75 Å². The Morgan fingerprint density at radius 3 is 2.68 bits per heavy atom. The summed E-state index contributed by atoms with van der Waals surface area (Å²) < 4.78 is 5.87. The van der Waals surface area contributed by atoms with Gasteiger partial charge in [0.15, 0.2) is 6.23 Å². The number of hydrogen-bond acceptors (Lipinski definition) is 4. The van der Waals surface area contributed by atoms with E-state index in [1.54, 1.807) is 6.07 Å². The third-order valence-corrected chi connectivity index (χ3v) is 4.55. The number of amides is 1. The highest BCUT2D eigenvalue weighted by Crippen LogP contribution is 2.23. The number of fused-ring (bicyclic) bond motifs is 1. The van der Waals surface area contributed by atoms with Gasteiger partial charge >= 0.3 is 0 Å². The Kier molecular flexibility index (Phi) is 4.95. The number of hydrogen-bond donors (Lipinski definition) is 1. The van der Waals surface area contributed by atoms with E-state index in [1.165, 1.54) is 13.1 Å². The fourth-order valence-corrected chi connectivity index (χ4v) is 3.12. The van der Waals surface area contributed by atoms with Crippen LogP contribution in [0.2, 0.25) is 0 Å². The van der Waals surface area contributed by atoms with Crippen molar-refractivity contribution in [2.75, 3.05) is 39.3 Å². The second-order valence-electron chi connectivity index (χ2n) is 5.99. The number of carbonyl (C=O) groups excluding carboxylic acids is 1. The zero-order valence-corrected chi connectivity index (χ0v) is 13.3. The van der Waals surface area contributed by atoms with Crippen LogP contribution in [0.4, 0.5) is 0 Å². The summed E-state index contributed by atoms with van der Waals surface area (Å²) in [4.78, 5) is 17.0. The van der Waals surface area contributed by atoms with Crippen LogP contribution in [0, 0.1) is 0 Å². The SMILES string of the molecule is CCN1CCN(CCCC2NC(=O)c3ccccc3O2)CC1. The molecule has 0 saturated carbocycles. The van der Waals surface area contributed by atoms with E-state index in [2.05, 4.69) is 22.0 Å².